The lowest BCUT2D eigenvalue weighted by Gasteiger charge is -2.23. The number of rotatable bonds is 5. The molecule has 30 heavy (non-hydrogen) atoms. The molecule has 1 heterocycles. The second-order valence-corrected chi connectivity index (χ2v) is 6.80. The van der Waals surface area contributed by atoms with E-state index in [1.807, 2.05) is 31.2 Å². The van der Waals surface area contributed by atoms with E-state index in [0.29, 0.717) is 11.8 Å². The molecule has 1 aliphatic heterocycles. The molecule has 2 amide bonds. The molecule has 0 aliphatic carbocycles. The number of hydrogen-bond donors (Lipinski definition) is 1. The van der Waals surface area contributed by atoms with E-state index >= 15 is 0 Å². The second-order valence-electron chi connectivity index (χ2n) is 6.80. The molecular weight excluding hydrogens is 397 g/mol. The Hall–Kier alpha value is -3.42. The van der Waals surface area contributed by atoms with Gasteiger partial charge in [0.05, 0.1) is 13.2 Å². The number of halogens is 3. The van der Waals surface area contributed by atoms with Crippen molar-refractivity contribution in [2.24, 2.45) is 10.9 Å². The number of hydrogen-bond acceptors (Lipinski definition) is 3. The Labute approximate surface area is 171 Å². The maximum absolute atomic E-state index is 12.8. The van der Waals surface area contributed by atoms with E-state index in [9.17, 15) is 22.8 Å². The Kier molecular flexibility index (Phi) is 6.05. The molecule has 2 atom stereocenters. The summed E-state index contributed by atoms with van der Waals surface area (Å²) in [6.45, 7) is 1.92. The van der Waals surface area contributed by atoms with E-state index in [1.54, 1.807) is 24.3 Å². The first-order valence-corrected chi connectivity index (χ1v) is 9.08. The Balaban J connectivity index is 1.87. The number of allylic oxidation sites excluding steroid dienone is 1. The van der Waals surface area contributed by atoms with Crippen molar-refractivity contribution >= 4 is 17.5 Å². The molecule has 1 N–H and O–H groups in total. The fraction of sp³-hybridized carbons (Fsp3) is 0.227. The van der Waals surface area contributed by atoms with Crippen molar-refractivity contribution in [3.8, 4) is 5.75 Å². The minimum absolute atomic E-state index is 0.613. The van der Waals surface area contributed by atoms with Gasteiger partial charge in [0.2, 0.25) is 5.91 Å². The Morgan fingerprint density at radius 3 is 2.13 bits per heavy atom. The van der Waals surface area contributed by atoms with Crippen LogP contribution in [0.25, 0.3) is 0 Å². The summed E-state index contributed by atoms with van der Waals surface area (Å²) in [5, 5.41) is 2.76. The number of alkyl halides is 3. The summed E-state index contributed by atoms with van der Waals surface area (Å²) in [4.78, 5) is 27.8. The zero-order chi connectivity index (χ0) is 21.9. The van der Waals surface area contributed by atoms with Crippen molar-refractivity contribution in [2.45, 2.75) is 19.1 Å². The highest BCUT2D eigenvalue weighted by molar-refractivity contribution is 6.14. The smallest absolute Gasteiger partial charge is 0.433 e. The minimum Gasteiger partial charge on any atom is -0.497 e. The van der Waals surface area contributed by atoms with E-state index in [0.717, 1.165) is 22.8 Å². The third-order valence-electron chi connectivity index (χ3n) is 4.66. The predicted octanol–water partition coefficient (Wildman–Crippen LogP) is 3.93. The maximum Gasteiger partial charge on any atom is 0.433 e. The second kappa shape index (κ2) is 8.52. The molecule has 8 heteroatoms. The van der Waals surface area contributed by atoms with Gasteiger partial charge in [0.25, 0.3) is 5.91 Å². The van der Waals surface area contributed by atoms with Gasteiger partial charge in [-0.25, -0.2) is 4.99 Å². The fourth-order valence-corrected chi connectivity index (χ4v) is 3.00. The van der Waals surface area contributed by atoms with Crippen LogP contribution in [0.15, 0.2) is 65.7 Å². The maximum atomic E-state index is 12.8. The quantitative estimate of drug-likeness (QED) is 0.752. The molecule has 0 aromatic heterocycles. The number of benzene rings is 2. The van der Waals surface area contributed by atoms with Gasteiger partial charge in [0.1, 0.15) is 17.4 Å². The summed E-state index contributed by atoms with van der Waals surface area (Å²) >= 11 is 0. The number of aliphatic imine (C=N–C) groups is 1. The molecule has 5 nitrogen and oxygen atoms in total. The molecule has 0 spiro atoms. The monoisotopic (exact) mass is 416 g/mol. The largest absolute Gasteiger partial charge is 0.497 e. The van der Waals surface area contributed by atoms with Crippen LogP contribution < -0.4 is 10.1 Å². The summed E-state index contributed by atoms with van der Waals surface area (Å²) in [6, 6.07) is 13.8. The van der Waals surface area contributed by atoms with Gasteiger partial charge in [-0.1, -0.05) is 48.0 Å². The molecule has 0 fully saturated rings. The molecule has 3 rings (SSSR count). The molecule has 0 radical (unpaired) electrons. The van der Waals surface area contributed by atoms with Gasteiger partial charge >= 0.3 is 6.18 Å². The van der Waals surface area contributed by atoms with Gasteiger partial charge in [0.15, 0.2) is 0 Å². The summed E-state index contributed by atoms with van der Waals surface area (Å²) in [5.41, 5.74) is 1.19. The number of aryl methyl sites for hydroxylation is 1. The number of nitrogens with zero attached hydrogens (tertiary/aromatic N) is 1. The molecule has 0 saturated carbocycles. The number of ether oxygens (including phenoxy) is 1. The standard InChI is InChI=1S/C22H19F3N2O3/c1-13-3-5-14(6-4-13)19(15-7-9-16(30-2)10-8-15)27-21(29)17-11-12-18(22(23,24)25)26-20(17)28/h3-12,17,19H,1-2H3,(H,27,29). The van der Waals surface area contributed by atoms with Gasteiger partial charge in [-0.15, -0.1) is 0 Å². The van der Waals surface area contributed by atoms with Crippen molar-refractivity contribution in [1.29, 1.82) is 0 Å². The predicted molar refractivity (Wildman–Crippen MR) is 105 cm³/mol. The van der Waals surface area contributed by atoms with Gasteiger partial charge in [-0.2, -0.15) is 13.2 Å². The van der Waals surface area contributed by atoms with Crippen LogP contribution in [0.1, 0.15) is 22.7 Å². The first kappa shape index (κ1) is 21.3. The SMILES string of the molecule is COc1ccc(C(NC(=O)C2C=CC(C(F)(F)F)=NC2=O)c2ccc(C)cc2)cc1. The van der Waals surface area contributed by atoms with Crippen LogP contribution >= 0.6 is 0 Å². The van der Waals surface area contributed by atoms with Crippen molar-refractivity contribution in [2.75, 3.05) is 7.11 Å². The van der Waals surface area contributed by atoms with Crippen molar-refractivity contribution in [3.05, 3.63) is 77.4 Å². The average molecular weight is 416 g/mol. The number of amides is 2. The molecule has 2 unspecified atom stereocenters. The van der Waals surface area contributed by atoms with Gasteiger partial charge in [-0.3, -0.25) is 9.59 Å². The van der Waals surface area contributed by atoms with Crippen LogP contribution in [0.2, 0.25) is 0 Å². The first-order valence-electron chi connectivity index (χ1n) is 9.08. The van der Waals surface area contributed by atoms with E-state index in [-0.39, 0.29) is 0 Å². The number of carbonyl (C=O) groups excluding carboxylic acids is 2. The topological polar surface area (TPSA) is 67.8 Å². The third-order valence-corrected chi connectivity index (χ3v) is 4.66. The number of nitrogens with one attached hydrogen (secondary N) is 1. The number of methoxy groups -OCH3 is 1. The molecule has 0 saturated heterocycles. The van der Waals surface area contributed by atoms with Crippen LogP contribution in [0.3, 0.4) is 0 Å². The lowest BCUT2D eigenvalue weighted by molar-refractivity contribution is -0.132. The number of dihydropyridines is 1. The van der Waals surface area contributed by atoms with Gasteiger partial charge < -0.3 is 10.1 Å². The van der Waals surface area contributed by atoms with Crippen molar-refractivity contribution in [3.63, 3.8) is 0 Å². The molecule has 2 aromatic carbocycles. The van der Waals surface area contributed by atoms with Gasteiger partial charge in [-0.05, 0) is 36.3 Å². The van der Waals surface area contributed by atoms with Crippen molar-refractivity contribution in [1.82, 2.24) is 5.32 Å². The average Bonchev–Trinajstić information content (AvgIpc) is 2.72. The van der Waals surface area contributed by atoms with Crippen molar-refractivity contribution < 1.29 is 27.5 Å². The fourth-order valence-electron chi connectivity index (χ4n) is 3.00. The van der Waals surface area contributed by atoms with E-state index < -0.39 is 35.7 Å². The molecule has 1 aliphatic rings. The first-order chi connectivity index (χ1) is 14.2. The number of carbonyl (C=O) groups is 2. The highest BCUT2D eigenvalue weighted by Gasteiger charge is 2.39. The lowest BCUT2D eigenvalue weighted by atomic mass is 9.96. The zero-order valence-corrected chi connectivity index (χ0v) is 16.2. The van der Waals surface area contributed by atoms with E-state index in [4.69, 9.17) is 4.74 Å². The van der Waals surface area contributed by atoms with E-state index in [1.165, 1.54) is 7.11 Å². The highest BCUT2D eigenvalue weighted by atomic mass is 19.4. The lowest BCUT2D eigenvalue weighted by Crippen LogP contribution is -2.39. The van der Waals surface area contributed by atoms with Crippen LogP contribution in [0.4, 0.5) is 13.2 Å². The highest BCUT2D eigenvalue weighted by Crippen LogP contribution is 2.27. The van der Waals surface area contributed by atoms with Crippen LogP contribution in [0.5, 0.6) is 5.75 Å². The molecule has 156 valence electrons. The Bertz CT molecular complexity index is 994. The van der Waals surface area contributed by atoms with Crippen LogP contribution in [-0.4, -0.2) is 30.8 Å². The Morgan fingerprint density at radius 2 is 1.63 bits per heavy atom. The summed E-state index contributed by atoms with van der Waals surface area (Å²) in [5.74, 6) is -2.68. The molecule has 2 aromatic rings. The summed E-state index contributed by atoms with van der Waals surface area (Å²) < 4.78 is 43.4. The van der Waals surface area contributed by atoms with E-state index in [2.05, 4.69) is 10.3 Å². The zero-order valence-electron chi connectivity index (χ0n) is 16.2. The molecule has 0 bridgehead atoms. The van der Waals surface area contributed by atoms with Crippen LogP contribution in [0, 0.1) is 12.8 Å². The van der Waals surface area contributed by atoms with Gasteiger partial charge in [0, 0.05) is 0 Å². The molecular formula is C22H19F3N2O3. The third kappa shape index (κ3) is 4.76. The normalized spacial score (nSPS) is 17.3. The van der Waals surface area contributed by atoms with Crippen LogP contribution in [-0.2, 0) is 9.59 Å². The summed E-state index contributed by atoms with van der Waals surface area (Å²) in [7, 11) is 1.53. The summed E-state index contributed by atoms with van der Waals surface area (Å²) in [6.07, 6.45) is -3.17. The Morgan fingerprint density at radius 1 is 1.07 bits per heavy atom. The minimum atomic E-state index is -4.75.